The summed E-state index contributed by atoms with van der Waals surface area (Å²) >= 11 is 1.56. The molecule has 0 saturated heterocycles. The molecule has 3 heterocycles. The number of rotatable bonds is 7. The molecular formula is C33H37F2N7OS. The summed E-state index contributed by atoms with van der Waals surface area (Å²) in [7, 11) is 0. The molecule has 0 bridgehead atoms. The highest BCUT2D eigenvalue weighted by Crippen LogP contribution is 2.31. The molecule has 5 rings (SSSR count). The number of hydrogen-bond acceptors (Lipinski definition) is 8. The molecule has 0 aliphatic carbocycles. The number of fused-ring (bicyclic) bond motifs is 1. The SMILES string of the molecule is CC.CC.CC.N#Cc1cnc(NCc2ccc(-c3ccc4ncnc(N)c4c3)s2)c(C(=O)NCc2ccc(F)c(F)c2)c1. The van der Waals surface area contributed by atoms with E-state index in [-0.39, 0.29) is 23.5 Å². The van der Waals surface area contributed by atoms with Gasteiger partial charge >= 0.3 is 0 Å². The first-order chi connectivity index (χ1) is 21.4. The average Bonchev–Trinajstić information content (AvgIpc) is 3.56. The number of aromatic nitrogens is 3. The number of nitrogens with two attached hydrogens (primary N) is 1. The monoisotopic (exact) mass is 617 g/mol. The highest BCUT2D eigenvalue weighted by Gasteiger charge is 2.15. The van der Waals surface area contributed by atoms with E-state index in [0.717, 1.165) is 38.4 Å². The molecule has 0 radical (unpaired) electrons. The van der Waals surface area contributed by atoms with Crippen LogP contribution in [0.1, 0.15) is 67.9 Å². The lowest BCUT2D eigenvalue weighted by Gasteiger charge is -2.11. The summed E-state index contributed by atoms with van der Waals surface area (Å²) < 4.78 is 26.7. The number of nitrogens with zero attached hydrogens (tertiary/aromatic N) is 4. The molecule has 0 unspecified atom stereocenters. The number of carbonyl (C=O) groups excluding carboxylic acids is 1. The van der Waals surface area contributed by atoms with E-state index in [4.69, 9.17) is 5.73 Å². The third-order valence-electron chi connectivity index (χ3n) is 5.74. The number of anilines is 2. The van der Waals surface area contributed by atoms with Crippen molar-refractivity contribution in [1.29, 1.82) is 5.26 Å². The van der Waals surface area contributed by atoms with E-state index >= 15 is 0 Å². The summed E-state index contributed by atoms with van der Waals surface area (Å²) in [5, 5.41) is 15.9. The summed E-state index contributed by atoms with van der Waals surface area (Å²) in [6.07, 6.45) is 2.80. The first-order valence-electron chi connectivity index (χ1n) is 14.4. The normalized spacial score (nSPS) is 9.70. The van der Waals surface area contributed by atoms with Gasteiger partial charge in [0, 0.05) is 27.9 Å². The van der Waals surface area contributed by atoms with Gasteiger partial charge in [0.2, 0.25) is 0 Å². The standard InChI is InChI=1S/C27H19F2N7OS.3C2H6/c28-21-4-1-15(8-22(21)29)11-34-27(37)20-7-16(10-30)12-32-26(20)33-13-18-3-6-24(38-18)17-2-5-23-19(9-17)25(31)36-14-35-23;3*1-2/h1-9,12,14H,11,13H2,(H,32,33)(H,34,37)(H2,31,35,36);3*1-2H3. The first-order valence-corrected chi connectivity index (χ1v) is 15.2. The van der Waals surface area contributed by atoms with Crippen molar-refractivity contribution in [3.05, 3.63) is 100 Å². The molecule has 0 spiro atoms. The zero-order valence-electron chi connectivity index (χ0n) is 25.7. The fraction of sp³-hybridized carbons (Fsp3) is 0.242. The van der Waals surface area contributed by atoms with Crippen LogP contribution in [0.15, 0.2) is 67.1 Å². The molecule has 0 aliphatic rings. The van der Waals surface area contributed by atoms with E-state index in [0.29, 0.717) is 17.9 Å². The van der Waals surface area contributed by atoms with Crippen molar-refractivity contribution >= 4 is 39.8 Å². The summed E-state index contributed by atoms with van der Waals surface area (Å²) in [6.45, 7) is 12.4. The van der Waals surface area contributed by atoms with Crippen LogP contribution < -0.4 is 16.4 Å². The van der Waals surface area contributed by atoms with Crippen molar-refractivity contribution in [2.75, 3.05) is 11.1 Å². The lowest BCUT2D eigenvalue weighted by atomic mass is 10.1. The number of thiophene rings is 1. The lowest BCUT2D eigenvalue weighted by Crippen LogP contribution is -2.24. The zero-order valence-corrected chi connectivity index (χ0v) is 26.5. The van der Waals surface area contributed by atoms with Crippen LogP contribution in [0.5, 0.6) is 0 Å². The number of halogens is 2. The maximum absolute atomic E-state index is 13.5. The number of carbonyl (C=O) groups is 1. The van der Waals surface area contributed by atoms with Gasteiger partial charge in [-0.15, -0.1) is 11.3 Å². The number of amides is 1. The molecule has 0 atom stereocenters. The maximum atomic E-state index is 13.5. The van der Waals surface area contributed by atoms with Crippen LogP contribution in [-0.4, -0.2) is 20.9 Å². The largest absolute Gasteiger partial charge is 0.383 e. The minimum Gasteiger partial charge on any atom is -0.383 e. The minimum atomic E-state index is -0.997. The number of pyridine rings is 1. The predicted molar refractivity (Wildman–Crippen MR) is 175 cm³/mol. The zero-order chi connectivity index (χ0) is 32.6. The molecule has 0 aliphatic heterocycles. The number of nitriles is 1. The molecule has 0 saturated carbocycles. The Kier molecular flexibility index (Phi) is 14.3. The van der Waals surface area contributed by atoms with Crippen molar-refractivity contribution in [2.45, 2.75) is 54.6 Å². The Morgan fingerprint density at radius 1 is 0.909 bits per heavy atom. The van der Waals surface area contributed by atoms with Gasteiger partial charge in [-0.25, -0.2) is 23.7 Å². The second-order valence-electron chi connectivity index (χ2n) is 8.27. The Morgan fingerprint density at radius 3 is 2.36 bits per heavy atom. The van der Waals surface area contributed by atoms with Crippen LogP contribution >= 0.6 is 11.3 Å². The topological polar surface area (TPSA) is 130 Å². The third kappa shape index (κ3) is 9.02. The molecule has 11 heteroatoms. The van der Waals surface area contributed by atoms with Crippen LogP contribution in [0.2, 0.25) is 0 Å². The fourth-order valence-electron chi connectivity index (χ4n) is 3.80. The van der Waals surface area contributed by atoms with Crippen molar-refractivity contribution in [1.82, 2.24) is 20.3 Å². The molecular weight excluding hydrogens is 580 g/mol. The van der Waals surface area contributed by atoms with E-state index < -0.39 is 17.5 Å². The number of hydrogen-bond donors (Lipinski definition) is 3. The molecule has 2 aromatic carbocycles. The predicted octanol–water partition coefficient (Wildman–Crippen LogP) is 8.11. The Labute approximate surface area is 261 Å². The van der Waals surface area contributed by atoms with E-state index in [2.05, 4.69) is 25.6 Å². The molecule has 230 valence electrons. The minimum absolute atomic E-state index is 0.0259. The van der Waals surface area contributed by atoms with Crippen LogP contribution in [0, 0.1) is 23.0 Å². The molecule has 8 nitrogen and oxygen atoms in total. The van der Waals surface area contributed by atoms with Crippen LogP contribution in [0.4, 0.5) is 20.4 Å². The molecule has 0 fully saturated rings. The smallest absolute Gasteiger partial charge is 0.255 e. The highest BCUT2D eigenvalue weighted by atomic mass is 32.1. The highest BCUT2D eigenvalue weighted by molar-refractivity contribution is 7.15. The van der Waals surface area contributed by atoms with Crippen molar-refractivity contribution in [2.24, 2.45) is 0 Å². The Balaban J connectivity index is 0.00000106. The van der Waals surface area contributed by atoms with Crippen LogP contribution in [0.3, 0.4) is 0 Å². The van der Waals surface area contributed by atoms with Gasteiger partial charge in [0.25, 0.3) is 5.91 Å². The van der Waals surface area contributed by atoms with Crippen LogP contribution in [-0.2, 0) is 13.1 Å². The summed E-state index contributed by atoms with van der Waals surface area (Å²) in [5.74, 6) is -1.77. The third-order valence-corrected chi connectivity index (χ3v) is 6.88. The maximum Gasteiger partial charge on any atom is 0.255 e. The van der Waals surface area contributed by atoms with Gasteiger partial charge in [-0.3, -0.25) is 4.79 Å². The van der Waals surface area contributed by atoms with Gasteiger partial charge in [0.1, 0.15) is 24.0 Å². The Bertz CT molecular complexity index is 1720. The molecule has 3 aromatic heterocycles. The number of benzene rings is 2. The summed E-state index contributed by atoms with van der Waals surface area (Å²) in [6, 6.07) is 16.6. The number of nitrogen functional groups attached to an aromatic ring is 1. The quantitative estimate of drug-likeness (QED) is 0.168. The van der Waals surface area contributed by atoms with E-state index in [1.807, 2.05) is 77.9 Å². The van der Waals surface area contributed by atoms with Gasteiger partial charge in [0.15, 0.2) is 11.6 Å². The van der Waals surface area contributed by atoms with Gasteiger partial charge in [-0.2, -0.15) is 5.26 Å². The molecule has 1 amide bonds. The second-order valence-corrected chi connectivity index (χ2v) is 9.44. The van der Waals surface area contributed by atoms with Crippen molar-refractivity contribution in [3.8, 4) is 16.5 Å². The van der Waals surface area contributed by atoms with Gasteiger partial charge < -0.3 is 16.4 Å². The first kappa shape index (κ1) is 35.2. The Hall–Kier alpha value is -4.95. The lowest BCUT2D eigenvalue weighted by molar-refractivity contribution is 0.0951. The van der Waals surface area contributed by atoms with Crippen molar-refractivity contribution in [3.63, 3.8) is 0 Å². The fourth-order valence-corrected chi connectivity index (χ4v) is 4.74. The van der Waals surface area contributed by atoms with Crippen LogP contribution in [0.25, 0.3) is 21.3 Å². The van der Waals surface area contributed by atoms with Gasteiger partial charge in [-0.1, -0.05) is 53.7 Å². The van der Waals surface area contributed by atoms with Gasteiger partial charge in [-0.05, 0) is 53.6 Å². The van der Waals surface area contributed by atoms with Gasteiger partial charge in [0.05, 0.1) is 23.2 Å². The van der Waals surface area contributed by atoms with Crippen molar-refractivity contribution < 1.29 is 13.6 Å². The van der Waals surface area contributed by atoms with E-state index in [1.54, 1.807) is 11.3 Å². The average molecular weight is 618 g/mol. The molecule has 4 N–H and O–H groups in total. The Morgan fingerprint density at radius 2 is 1.66 bits per heavy atom. The van der Waals surface area contributed by atoms with E-state index in [9.17, 15) is 18.8 Å². The summed E-state index contributed by atoms with van der Waals surface area (Å²) in [4.78, 5) is 27.4. The van der Waals surface area contributed by atoms with E-state index in [1.165, 1.54) is 24.7 Å². The second kappa shape index (κ2) is 17.9. The number of nitrogens with one attached hydrogen (secondary N) is 2. The molecule has 5 aromatic rings. The summed E-state index contributed by atoms with van der Waals surface area (Å²) in [5.41, 5.74) is 8.51. The molecule has 44 heavy (non-hydrogen) atoms.